The average Bonchev–Trinajstić information content (AvgIpc) is 2.42. The summed E-state index contributed by atoms with van der Waals surface area (Å²) in [4.78, 5) is 10.5. The minimum atomic E-state index is -0.388. The smallest absolute Gasteiger partial charge is 0.292 e. The first kappa shape index (κ1) is 16.4. The second-order valence-corrected chi connectivity index (χ2v) is 5.17. The highest BCUT2D eigenvalue weighted by Crippen LogP contribution is 2.25. The molecule has 1 aromatic carbocycles. The Hall–Kier alpha value is -1.66. The van der Waals surface area contributed by atoms with Crippen LogP contribution in [0.5, 0.6) is 0 Å². The van der Waals surface area contributed by atoms with Crippen LogP contribution in [0.4, 0.5) is 11.4 Å². The molecule has 2 atom stereocenters. The van der Waals surface area contributed by atoms with Crippen molar-refractivity contribution in [1.82, 2.24) is 0 Å². The van der Waals surface area contributed by atoms with Gasteiger partial charge in [0.1, 0.15) is 5.69 Å². The number of aliphatic hydroxyl groups is 1. The van der Waals surface area contributed by atoms with E-state index in [9.17, 15) is 10.1 Å². The molecule has 4 N–H and O–H groups in total. The van der Waals surface area contributed by atoms with Gasteiger partial charge >= 0.3 is 0 Å². The Bertz CT molecular complexity index is 451. The minimum absolute atomic E-state index is 0.0469. The van der Waals surface area contributed by atoms with E-state index >= 15 is 0 Å². The molecule has 0 bridgehead atoms. The summed E-state index contributed by atoms with van der Waals surface area (Å²) in [5.41, 5.74) is 7.52. The lowest BCUT2D eigenvalue weighted by molar-refractivity contribution is -0.384. The van der Waals surface area contributed by atoms with Gasteiger partial charge in [0.25, 0.3) is 5.69 Å². The maximum absolute atomic E-state index is 10.9. The third kappa shape index (κ3) is 4.79. The SMILES string of the molecule is Cc1ccc([N+](=O)[O-])c(NCCCC(N)C(C)CO)c1. The van der Waals surface area contributed by atoms with E-state index in [1.54, 1.807) is 12.1 Å². The third-order valence-corrected chi connectivity index (χ3v) is 3.40. The average molecular weight is 281 g/mol. The van der Waals surface area contributed by atoms with E-state index in [1.165, 1.54) is 6.07 Å². The van der Waals surface area contributed by atoms with Crippen molar-refractivity contribution in [2.75, 3.05) is 18.5 Å². The van der Waals surface area contributed by atoms with E-state index in [0.717, 1.165) is 18.4 Å². The zero-order chi connectivity index (χ0) is 15.1. The first-order valence-electron chi connectivity index (χ1n) is 6.81. The van der Waals surface area contributed by atoms with Crippen molar-refractivity contribution in [3.05, 3.63) is 33.9 Å². The molecule has 0 aliphatic rings. The van der Waals surface area contributed by atoms with Crippen LogP contribution in [0.25, 0.3) is 0 Å². The maximum Gasteiger partial charge on any atom is 0.292 e. The van der Waals surface area contributed by atoms with E-state index < -0.39 is 0 Å². The maximum atomic E-state index is 10.9. The fourth-order valence-corrected chi connectivity index (χ4v) is 1.93. The first-order chi connectivity index (χ1) is 9.45. The van der Waals surface area contributed by atoms with Gasteiger partial charge < -0.3 is 16.2 Å². The van der Waals surface area contributed by atoms with E-state index in [0.29, 0.717) is 12.2 Å². The highest BCUT2D eigenvalue weighted by atomic mass is 16.6. The summed E-state index contributed by atoms with van der Waals surface area (Å²) in [6, 6.07) is 4.96. The molecule has 6 heteroatoms. The van der Waals surface area contributed by atoms with Gasteiger partial charge in [0.15, 0.2) is 0 Å². The number of aryl methyl sites for hydroxylation is 1. The van der Waals surface area contributed by atoms with Crippen molar-refractivity contribution < 1.29 is 10.0 Å². The van der Waals surface area contributed by atoms with E-state index in [-0.39, 0.29) is 29.2 Å². The Morgan fingerprint density at radius 2 is 2.20 bits per heavy atom. The number of anilines is 1. The van der Waals surface area contributed by atoms with Gasteiger partial charge in [-0.2, -0.15) is 0 Å². The van der Waals surface area contributed by atoms with Crippen LogP contribution in [0.3, 0.4) is 0 Å². The number of nitro benzene ring substituents is 1. The molecule has 0 aromatic heterocycles. The normalized spacial score (nSPS) is 13.8. The number of nitrogens with two attached hydrogens (primary N) is 1. The van der Waals surface area contributed by atoms with Gasteiger partial charge in [0.2, 0.25) is 0 Å². The Morgan fingerprint density at radius 1 is 1.50 bits per heavy atom. The predicted octanol–water partition coefficient (Wildman–Crippen LogP) is 2.05. The molecule has 0 spiro atoms. The first-order valence-corrected chi connectivity index (χ1v) is 6.81. The van der Waals surface area contributed by atoms with Gasteiger partial charge in [-0.25, -0.2) is 0 Å². The molecule has 0 saturated heterocycles. The number of aliphatic hydroxyl groups excluding tert-OH is 1. The van der Waals surface area contributed by atoms with E-state index in [4.69, 9.17) is 10.8 Å². The molecule has 1 aromatic rings. The molecule has 1 rings (SSSR count). The molecule has 0 radical (unpaired) electrons. The number of hydrogen-bond acceptors (Lipinski definition) is 5. The summed E-state index contributed by atoms with van der Waals surface area (Å²) >= 11 is 0. The molecular weight excluding hydrogens is 258 g/mol. The van der Waals surface area contributed by atoms with Crippen LogP contribution in [-0.4, -0.2) is 29.2 Å². The molecule has 6 nitrogen and oxygen atoms in total. The summed E-state index contributed by atoms with van der Waals surface area (Å²) in [6.45, 7) is 4.51. The van der Waals surface area contributed by atoms with Crippen molar-refractivity contribution in [2.45, 2.75) is 32.7 Å². The molecule has 2 unspecified atom stereocenters. The molecular formula is C14H23N3O3. The Kier molecular flexibility index (Phi) is 6.41. The predicted molar refractivity (Wildman–Crippen MR) is 79.8 cm³/mol. The van der Waals surface area contributed by atoms with Gasteiger partial charge in [0.05, 0.1) is 4.92 Å². The number of benzene rings is 1. The van der Waals surface area contributed by atoms with Crippen molar-refractivity contribution in [3.8, 4) is 0 Å². The molecule has 112 valence electrons. The fraction of sp³-hybridized carbons (Fsp3) is 0.571. The topological polar surface area (TPSA) is 101 Å². The summed E-state index contributed by atoms with van der Waals surface area (Å²) < 4.78 is 0. The van der Waals surface area contributed by atoms with E-state index in [1.807, 2.05) is 13.8 Å². The van der Waals surface area contributed by atoms with Gasteiger partial charge in [-0.3, -0.25) is 10.1 Å². The second kappa shape index (κ2) is 7.81. The van der Waals surface area contributed by atoms with Crippen molar-refractivity contribution in [3.63, 3.8) is 0 Å². The summed E-state index contributed by atoms with van der Waals surface area (Å²) in [7, 11) is 0. The second-order valence-electron chi connectivity index (χ2n) is 5.17. The highest BCUT2D eigenvalue weighted by Gasteiger charge is 2.14. The molecule has 0 aliphatic carbocycles. The summed E-state index contributed by atoms with van der Waals surface area (Å²) in [5, 5.41) is 23.0. The molecule has 0 aliphatic heterocycles. The molecule has 0 amide bonds. The van der Waals surface area contributed by atoms with Crippen molar-refractivity contribution in [1.29, 1.82) is 0 Å². The van der Waals surface area contributed by atoms with Crippen LogP contribution in [0, 0.1) is 23.0 Å². The van der Waals surface area contributed by atoms with Crippen LogP contribution in [0.1, 0.15) is 25.3 Å². The number of nitrogens with zero attached hydrogens (tertiary/aromatic N) is 1. The standard InChI is InChI=1S/C14H23N3O3/c1-10-5-6-14(17(19)20)13(8-10)16-7-3-4-12(15)11(2)9-18/h5-6,8,11-12,16,18H,3-4,7,9,15H2,1-2H3. The number of hydrogen-bond donors (Lipinski definition) is 3. The van der Waals surface area contributed by atoms with Crippen LogP contribution >= 0.6 is 0 Å². The van der Waals surface area contributed by atoms with Crippen LogP contribution in [0.15, 0.2) is 18.2 Å². The van der Waals surface area contributed by atoms with Crippen molar-refractivity contribution >= 4 is 11.4 Å². The number of nitro groups is 1. The van der Waals surface area contributed by atoms with Crippen LogP contribution in [0.2, 0.25) is 0 Å². The highest BCUT2D eigenvalue weighted by molar-refractivity contribution is 5.62. The van der Waals surface area contributed by atoms with Gasteiger partial charge in [-0.1, -0.05) is 13.0 Å². The monoisotopic (exact) mass is 281 g/mol. The van der Waals surface area contributed by atoms with Crippen LogP contribution < -0.4 is 11.1 Å². The fourth-order valence-electron chi connectivity index (χ4n) is 1.93. The zero-order valence-electron chi connectivity index (χ0n) is 12.0. The van der Waals surface area contributed by atoms with Crippen LogP contribution in [-0.2, 0) is 0 Å². The summed E-state index contributed by atoms with van der Waals surface area (Å²) in [6.07, 6.45) is 1.57. The largest absolute Gasteiger partial charge is 0.396 e. The number of rotatable bonds is 8. The lowest BCUT2D eigenvalue weighted by Crippen LogP contribution is -2.30. The number of nitrogens with one attached hydrogen (secondary N) is 1. The van der Waals surface area contributed by atoms with Gasteiger partial charge in [-0.15, -0.1) is 0 Å². The Labute approximate surface area is 119 Å². The summed E-state index contributed by atoms with van der Waals surface area (Å²) in [5.74, 6) is 0.0725. The lowest BCUT2D eigenvalue weighted by atomic mass is 9.99. The molecule has 0 fully saturated rings. The Morgan fingerprint density at radius 3 is 2.80 bits per heavy atom. The minimum Gasteiger partial charge on any atom is -0.396 e. The molecule has 20 heavy (non-hydrogen) atoms. The lowest BCUT2D eigenvalue weighted by Gasteiger charge is -2.17. The van der Waals surface area contributed by atoms with Gasteiger partial charge in [0, 0.05) is 25.3 Å². The van der Waals surface area contributed by atoms with E-state index in [2.05, 4.69) is 5.32 Å². The van der Waals surface area contributed by atoms with Gasteiger partial charge in [-0.05, 0) is 37.3 Å². The third-order valence-electron chi connectivity index (χ3n) is 3.40. The quantitative estimate of drug-likeness (QED) is 0.384. The van der Waals surface area contributed by atoms with Crippen molar-refractivity contribution in [2.24, 2.45) is 11.7 Å². The molecule has 0 heterocycles. The Balaban J connectivity index is 2.50. The zero-order valence-corrected chi connectivity index (χ0v) is 12.0. The molecule has 0 saturated carbocycles.